The van der Waals surface area contributed by atoms with E-state index in [2.05, 4.69) is 10.6 Å². The highest BCUT2D eigenvalue weighted by Crippen LogP contribution is 2.07. The number of hydrogen-bond acceptors (Lipinski definition) is 5. The molecule has 0 aromatic rings. The Hall–Kier alpha value is -1.44. The van der Waals surface area contributed by atoms with Crippen molar-refractivity contribution in [3.63, 3.8) is 0 Å². The maximum absolute atomic E-state index is 11.9. The lowest BCUT2D eigenvalue weighted by atomic mass is 10.2. The van der Waals surface area contributed by atoms with E-state index in [0.717, 1.165) is 0 Å². The summed E-state index contributed by atoms with van der Waals surface area (Å²) in [6, 6.07) is -1.84. The number of carbonyl (C=O) groups is 3. The van der Waals surface area contributed by atoms with E-state index >= 15 is 0 Å². The Kier molecular flexibility index (Phi) is 8.16. The number of rotatable bonds is 7. The molecule has 21 heavy (non-hydrogen) atoms. The fraction of sp³-hybridized carbons (Fsp3) is 0.769. The lowest BCUT2D eigenvalue weighted by molar-refractivity contribution is -0.142. The molecule has 3 N–H and O–H groups in total. The van der Waals surface area contributed by atoms with Crippen LogP contribution in [0.15, 0.2) is 0 Å². The van der Waals surface area contributed by atoms with E-state index in [9.17, 15) is 14.4 Å². The van der Waals surface area contributed by atoms with E-state index in [1.54, 1.807) is 20.8 Å². The number of carbonyl (C=O) groups excluding carboxylic acids is 2. The lowest BCUT2D eigenvalue weighted by Crippen LogP contribution is -2.51. The van der Waals surface area contributed by atoms with Crippen LogP contribution in [0.2, 0.25) is 0 Å². The fourth-order valence-electron chi connectivity index (χ4n) is 1.34. The molecule has 2 atom stereocenters. The number of nitrogens with one attached hydrogen (secondary N) is 2. The topological polar surface area (TPSA) is 105 Å². The Morgan fingerprint density at radius 1 is 1.24 bits per heavy atom. The van der Waals surface area contributed by atoms with Crippen LogP contribution in [-0.4, -0.2) is 52.8 Å². The fourth-order valence-corrected chi connectivity index (χ4v) is 1.81. The number of hydrogen-bond donors (Lipinski definition) is 3. The van der Waals surface area contributed by atoms with Gasteiger partial charge in [0.05, 0.1) is 0 Å². The molecule has 0 spiro atoms. The molecule has 0 saturated heterocycles. The smallest absolute Gasteiger partial charge is 0.408 e. The highest BCUT2D eigenvalue weighted by molar-refractivity contribution is 7.98. The monoisotopic (exact) mass is 320 g/mol. The summed E-state index contributed by atoms with van der Waals surface area (Å²) in [5.74, 6) is -1.04. The molecule has 0 radical (unpaired) electrons. The van der Waals surface area contributed by atoms with Gasteiger partial charge < -0.3 is 20.5 Å². The van der Waals surface area contributed by atoms with Gasteiger partial charge in [-0.3, -0.25) is 4.79 Å². The zero-order valence-electron chi connectivity index (χ0n) is 13.1. The third kappa shape index (κ3) is 9.17. The second-order valence-electron chi connectivity index (χ2n) is 5.55. The summed E-state index contributed by atoms with van der Waals surface area (Å²) in [6.07, 6.45) is 1.45. The van der Waals surface area contributed by atoms with Gasteiger partial charge >= 0.3 is 12.1 Å². The molecule has 8 heteroatoms. The minimum absolute atomic E-state index is 0.321. The first kappa shape index (κ1) is 19.6. The summed E-state index contributed by atoms with van der Waals surface area (Å²) in [6.45, 7) is 6.59. The molecule has 0 unspecified atom stereocenters. The number of thioether (sulfide) groups is 1. The highest BCUT2D eigenvalue weighted by Gasteiger charge is 2.25. The molecule has 2 amide bonds. The van der Waals surface area contributed by atoms with Crippen molar-refractivity contribution in [2.45, 2.75) is 51.8 Å². The van der Waals surface area contributed by atoms with Crippen LogP contribution in [-0.2, 0) is 14.3 Å². The predicted octanol–water partition coefficient (Wildman–Crippen LogP) is 1.22. The normalized spacial score (nSPS) is 14.0. The van der Waals surface area contributed by atoms with Gasteiger partial charge in [-0.15, -0.1) is 0 Å². The maximum atomic E-state index is 11.9. The van der Waals surface area contributed by atoms with Gasteiger partial charge in [0.2, 0.25) is 5.91 Å². The van der Waals surface area contributed by atoms with Gasteiger partial charge in [0.25, 0.3) is 0 Å². The maximum Gasteiger partial charge on any atom is 0.408 e. The molecular formula is C13H24N2O5S. The Labute approximate surface area is 129 Å². The predicted molar refractivity (Wildman–Crippen MR) is 81.4 cm³/mol. The first-order valence-corrected chi connectivity index (χ1v) is 7.98. The molecule has 0 aliphatic rings. The standard InChI is InChI=1S/C13H24N2O5S/c1-8(14-12(19)20-13(2,3)4)10(16)15-9(11(17)18)6-7-21-5/h8-9H,6-7H2,1-5H3,(H,14,19)(H,15,16)(H,17,18)/t8-,9+/m0/s1. The number of alkyl carbamates (subject to hydrolysis) is 1. The number of amides is 2. The molecule has 0 rings (SSSR count). The van der Waals surface area contributed by atoms with Crippen LogP contribution in [0.4, 0.5) is 4.79 Å². The Bertz CT molecular complexity index is 381. The van der Waals surface area contributed by atoms with Crippen LogP contribution in [0.25, 0.3) is 0 Å². The Morgan fingerprint density at radius 2 is 1.81 bits per heavy atom. The van der Waals surface area contributed by atoms with Gasteiger partial charge in [-0.25, -0.2) is 9.59 Å². The summed E-state index contributed by atoms with van der Waals surface area (Å²) in [5.41, 5.74) is -0.664. The van der Waals surface area contributed by atoms with Crippen LogP contribution in [0.3, 0.4) is 0 Å². The SMILES string of the molecule is CSCC[C@@H](NC(=O)[C@H](C)NC(=O)OC(C)(C)C)C(=O)O. The van der Waals surface area contributed by atoms with Crippen LogP contribution < -0.4 is 10.6 Å². The van der Waals surface area contributed by atoms with Gasteiger partial charge in [-0.05, 0) is 46.1 Å². The third-order valence-electron chi connectivity index (χ3n) is 2.35. The zero-order valence-corrected chi connectivity index (χ0v) is 13.9. The van der Waals surface area contributed by atoms with E-state index in [0.29, 0.717) is 12.2 Å². The Balaban J connectivity index is 4.42. The van der Waals surface area contributed by atoms with Crippen molar-refractivity contribution in [1.82, 2.24) is 10.6 Å². The van der Waals surface area contributed by atoms with Crippen molar-refractivity contribution in [2.75, 3.05) is 12.0 Å². The first-order chi connectivity index (χ1) is 9.56. The van der Waals surface area contributed by atoms with Crippen LogP contribution in [0.5, 0.6) is 0 Å². The molecule has 0 aliphatic carbocycles. The van der Waals surface area contributed by atoms with E-state index in [4.69, 9.17) is 9.84 Å². The van der Waals surface area contributed by atoms with E-state index < -0.39 is 35.7 Å². The summed E-state index contributed by atoms with van der Waals surface area (Å²) in [5, 5.41) is 13.8. The molecule has 0 heterocycles. The van der Waals surface area contributed by atoms with Crippen LogP contribution >= 0.6 is 11.8 Å². The van der Waals surface area contributed by atoms with Crippen molar-refractivity contribution in [2.24, 2.45) is 0 Å². The second-order valence-corrected chi connectivity index (χ2v) is 6.53. The largest absolute Gasteiger partial charge is 0.480 e. The quantitative estimate of drug-likeness (QED) is 0.651. The molecule has 122 valence electrons. The van der Waals surface area contributed by atoms with Crippen LogP contribution in [0, 0.1) is 0 Å². The van der Waals surface area contributed by atoms with Crippen molar-refractivity contribution in [3.05, 3.63) is 0 Å². The third-order valence-corrected chi connectivity index (χ3v) is 3.00. The van der Waals surface area contributed by atoms with Gasteiger partial charge in [0, 0.05) is 0 Å². The molecule has 0 aliphatic heterocycles. The molecule has 0 fully saturated rings. The molecule has 0 saturated carbocycles. The average molecular weight is 320 g/mol. The van der Waals surface area contributed by atoms with Crippen molar-refractivity contribution in [1.29, 1.82) is 0 Å². The van der Waals surface area contributed by atoms with E-state index in [1.165, 1.54) is 18.7 Å². The average Bonchev–Trinajstić information content (AvgIpc) is 2.30. The van der Waals surface area contributed by atoms with Gasteiger partial charge in [-0.2, -0.15) is 11.8 Å². The van der Waals surface area contributed by atoms with Crippen molar-refractivity contribution in [3.8, 4) is 0 Å². The van der Waals surface area contributed by atoms with Crippen molar-refractivity contribution >= 4 is 29.7 Å². The minimum atomic E-state index is -1.10. The molecule has 0 bridgehead atoms. The number of ether oxygens (including phenoxy) is 1. The number of aliphatic carboxylic acids is 1. The highest BCUT2D eigenvalue weighted by atomic mass is 32.2. The minimum Gasteiger partial charge on any atom is -0.480 e. The van der Waals surface area contributed by atoms with E-state index in [-0.39, 0.29) is 0 Å². The van der Waals surface area contributed by atoms with Gasteiger partial charge in [0.15, 0.2) is 0 Å². The van der Waals surface area contributed by atoms with Gasteiger partial charge in [-0.1, -0.05) is 0 Å². The lowest BCUT2D eigenvalue weighted by Gasteiger charge is -2.22. The number of carboxylic acid groups (broad SMARTS) is 1. The van der Waals surface area contributed by atoms with E-state index in [1.807, 2.05) is 6.26 Å². The summed E-state index contributed by atoms with van der Waals surface area (Å²) >= 11 is 1.50. The van der Waals surface area contributed by atoms with Gasteiger partial charge in [0.1, 0.15) is 17.7 Å². The summed E-state index contributed by atoms with van der Waals surface area (Å²) in [7, 11) is 0. The molecular weight excluding hydrogens is 296 g/mol. The van der Waals surface area contributed by atoms with Crippen LogP contribution in [0.1, 0.15) is 34.1 Å². The molecule has 0 aromatic carbocycles. The first-order valence-electron chi connectivity index (χ1n) is 6.58. The van der Waals surface area contributed by atoms with Crippen molar-refractivity contribution < 1.29 is 24.2 Å². The Morgan fingerprint density at radius 3 is 2.24 bits per heavy atom. The molecule has 0 aromatic heterocycles. The second kappa shape index (κ2) is 8.76. The zero-order chi connectivity index (χ0) is 16.6. The summed E-state index contributed by atoms with van der Waals surface area (Å²) < 4.78 is 5.03. The number of carboxylic acids is 1. The summed E-state index contributed by atoms with van der Waals surface area (Å²) in [4.78, 5) is 34.4. The molecule has 7 nitrogen and oxygen atoms in total.